The first kappa shape index (κ1) is 12.6. The first-order valence-corrected chi connectivity index (χ1v) is 5.79. The summed E-state index contributed by atoms with van der Waals surface area (Å²) in [7, 11) is 0. The van der Waals surface area contributed by atoms with Gasteiger partial charge in [-0.15, -0.1) is 0 Å². The zero-order valence-corrected chi connectivity index (χ0v) is 10.5. The van der Waals surface area contributed by atoms with E-state index in [0.29, 0.717) is 5.75 Å². The zero-order valence-electron chi connectivity index (χ0n) is 10.5. The molecule has 0 unspecified atom stereocenters. The van der Waals surface area contributed by atoms with Crippen LogP contribution in [0.2, 0.25) is 0 Å². The van der Waals surface area contributed by atoms with Crippen LogP contribution in [-0.2, 0) is 11.5 Å². The predicted molar refractivity (Wildman–Crippen MR) is 69.8 cm³/mol. The number of hydrogen-bond donors (Lipinski definition) is 1. The summed E-state index contributed by atoms with van der Waals surface area (Å²) in [5, 5.41) is 8.57. The first-order valence-electron chi connectivity index (χ1n) is 5.79. The van der Waals surface area contributed by atoms with Gasteiger partial charge < -0.3 is 4.74 Å². The van der Waals surface area contributed by atoms with Crippen molar-refractivity contribution in [2.75, 3.05) is 0 Å². The molecule has 3 nitrogen and oxygen atoms in total. The van der Waals surface area contributed by atoms with Crippen LogP contribution in [0.1, 0.15) is 16.7 Å². The van der Waals surface area contributed by atoms with E-state index in [1.165, 1.54) is 0 Å². The molecule has 0 fully saturated rings. The molecule has 94 valence electrons. The van der Waals surface area contributed by atoms with E-state index in [-0.39, 0.29) is 6.61 Å². The Kier molecular flexibility index (Phi) is 3.97. The lowest BCUT2D eigenvalue weighted by Gasteiger charge is -2.11. The Labute approximate surface area is 107 Å². The summed E-state index contributed by atoms with van der Waals surface area (Å²) in [5.41, 5.74) is 3.05. The molecule has 2 aromatic rings. The van der Waals surface area contributed by atoms with Gasteiger partial charge in [-0.25, -0.2) is 4.89 Å². The maximum atomic E-state index is 8.57. The van der Waals surface area contributed by atoms with Crippen molar-refractivity contribution in [1.29, 1.82) is 0 Å². The molecule has 0 spiro atoms. The van der Waals surface area contributed by atoms with Crippen LogP contribution in [0.4, 0.5) is 0 Å². The highest BCUT2D eigenvalue weighted by atomic mass is 17.1. The Balaban J connectivity index is 2.29. The van der Waals surface area contributed by atoms with Gasteiger partial charge in [0.15, 0.2) is 0 Å². The molecule has 0 aliphatic heterocycles. The van der Waals surface area contributed by atoms with Crippen LogP contribution in [0.25, 0.3) is 0 Å². The topological polar surface area (TPSA) is 38.7 Å². The van der Waals surface area contributed by atoms with E-state index in [1.54, 1.807) is 0 Å². The minimum absolute atomic E-state index is 0.113. The molecule has 0 saturated heterocycles. The van der Waals surface area contributed by atoms with Crippen LogP contribution in [0.5, 0.6) is 11.5 Å². The maximum absolute atomic E-state index is 8.57. The third-order valence-electron chi connectivity index (χ3n) is 2.66. The Hall–Kier alpha value is -1.84. The molecule has 0 atom stereocenters. The summed E-state index contributed by atoms with van der Waals surface area (Å²) in [4.78, 5) is 4.19. The normalized spacial score (nSPS) is 10.4. The van der Waals surface area contributed by atoms with Crippen molar-refractivity contribution in [3.05, 3.63) is 59.2 Å². The molecular formula is C15H16O3. The van der Waals surface area contributed by atoms with Gasteiger partial charge >= 0.3 is 0 Å². The minimum atomic E-state index is 0.113. The van der Waals surface area contributed by atoms with Crippen molar-refractivity contribution in [1.82, 2.24) is 0 Å². The molecule has 18 heavy (non-hydrogen) atoms. The van der Waals surface area contributed by atoms with E-state index in [0.717, 1.165) is 22.4 Å². The fourth-order valence-electron chi connectivity index (χ4n) is 1.75. The van der Waals surface area contributed by atoms with Gasteiger partial charge in [0, 0.05) is 5.56 Å². The summed E-state index contributed by atoms with van der Waals surface area (Å²) in [6.45, 7) is 4.12. The molecule has 0 radical (unpaired) electrons. The molecule has 0 bridgehead atoms. The molecule has 2 rings (SSSR count). The number of benzene rings is 2. The van der Waals surface area contributed by atoms with E-state index in [2.05, 4.69) is 4.89 Å². The van der Waals surface area contributed by atoms with Crippen LogP contribution in [0, 0.1) is 13.8 Å². The number of rotatable bonds is 4. The van der Waals surface area contributed by atoms with E-state index in [4.69, 9.17) is 9.99 Å². The van der Waals surface area contributed by atoms with Gasteiger partial charge in [-0.1, -0.05) is 24.3 Å². The Morgan fingerprint density at radius 3 is 2.50 bits per heavy atom. The van der Waals surface area contributed by atoms with E-state index < -0.39 is 0 Å². The van der Waals surface area contributed by atoms with Gasteiger partial charge in [-0.2, -0.15) is 0 Å². The lowest BCUT2D eigenvalue weighted by Crippen LogP contribution is -1.94. The van der Waals surface area contributed by atoms with Crippen LogP contribution < -0.4 is 4.74 Å². The van der Waals surface area contributed by atoms with Crippen molar-refractivity contribution in [3.63, 3.8) is 0 Å². The molecule has 0 amide bonds. The average Bonchev–Trinajstić information content (AvgIpc) is 2.33. The lowest BCUT2D eigenvalue weighted by molar-refractivity contribution is -0.253. The summed E-state index contributed by atoms with van der Waals surface area (Å²) < 4.78 is 5.83. The summed E-state index contributed by atoms with van der Waals surface area (Å²) in [5.74, 6) is 1.48. The fourth-order valence-corrected chi connectivity index (χ4v) is 1.75. The number of aryl methyl sites for hydroxylation is 2. The number of hydrogen-bond acceptors (Lipinski definition) is 3. The quantitative estimate of drug-likeness (QED) is 0.650. The monoisotopic (exact) mass is 244 g/mol. The molecule has 0 saturated carbocycles. The highest BCUT2D eigenvalue weighted by Crippen LogP contribution is 2.27. The summed E-state index contributed by atoms with van der Waals surface area (Å²) in [6, 6.07) is 13.6. The predicted octanol–water partition coefficient (Wildman–Crippen LogP) is 4.09. The van der Waals surface area contributed by atoms with Crippen LogP contribution in [0.15, 0.2) is 42.5 Å². The molecule has 1 N–H and O–H groups in total. The Morgan fingerprint density at radius 1 is 1.00 bits per heavy atom. The number of ether oxygens (including phenoxy) is 1. The van der Waals surface area contributed by atoms with Gasteiger partial charge in [0.05, 0.1) is 0 Å². The largest absolute Gasteiger partial charge is 0.457 e. The van der Waals surface area contributed by atoms with Gasteiger partial charge in [0.25, 0.3) is 0 Å². The van der Waals surface area contributed by atoms with Gasteiger partial charge in [-0.05, 0) is 43.2 Å². The van der Waals surface area contributed by atoms with Gasteiger partial charge in [-0.3, -0.25) is 5.26 Å². The Morgan fingerprint density at radius 2 is 1.78 bits per heavy atom. The summed E-state index contributed by atoms with van der Waals surface area (Å²) in [6.07, 6.45) is 0. The van der Waals surface area contributed by atoms with E-state index in [9.17, 15) is 0 Å². The second kappa shape index (κ2) is 5.67. The molecule has 2 aromatic carbocycles. The van der Waals surface area contributed by atoms with E-state index in [1.807, 2.05) is 56.3 Å². The first-order chi connectivity index (χ1) is 8.69. The molecule has 3 heteroatoms. The van der Waals surface area contributed by atoms with Crippen molar-refractivity contribution in [2.45, 2.75) is 20.5 Å². The second-order valence-corrected chi connectivity index (χ2v) is 4.30. The zero-order chi connectivity index (χ0) is 13.0. The molecule has 0 aliphatic rings. The maximum Gasteiger partial charge on any atom is 0.133 e. The SMILES string of the molecule is Cc1cccc(Oc2cc(C)ccc2COO)c1. The van der Waals surface area contributed by atoms with Crippen molar-refractivity contribution in [2.24, 2.45) is 0 Å². The van der Waals surface area contributed by atoms with Gasteiger partial charge in [0.1, 0.15) is 18.1 Å². The second-order valence-electron chi connectivity index (χ2n) is 4.30. The fraction of sp³-hybridized carbons (Fsp3) is 0.200. The van der Waals surface area contributed by atoms with Crippen molar-refractivity contribution in [3.8, 4) is 11.5 Å². The molecular weight excluding hydrogens is 228 g/mol. The average molecular weight is 244 g/mol. The van der Waals surface area contributed by atoms with Crippen LogP contribution >= 0.6 is 0 Å². The third kappa shape index (κ3) is 3.09. The highest BCUT2D eigenvalue weighted by Gasteiger charge is 2.06. The van der Waals surface area contributed by atoms with Crippen LogP contribution in [-0.4, -0.2) is 5.26 Å². The Bertz CT molecular complexity index is 535. The standard InChI is InChI=1S/C15H16O3/c1-11-4-3-5-14(8-11)18-15-9-12(2)6-7-13(15)10-17-16/h3-9,16H,10H2,1-2H3. The highest BCUT2D eigenvalue weighted by molar-refractivity contribution is 5.41. The minimum Gasteiger partial charge on any atom is -0.457 e. The van der Waals surface area contributed by atoms with Crippen LogP contribution in [0.3, 0.4) is 0 Å². The molecule has 0 aliphatic carbocycles. The lowest BCUT2D eigenvalue weighted by atomic mass is 10.1. The summed E-state index contributed by atoms with van der Waals surface area (Å²) >= 11 is 0. The van der Waals surface area contributed by atoms with E-state index >= 15 is 0 Å². The van der Waals surface area contributed by atoms with Gasteiger partial charge in [0.2, 0.25) is 0 Å². The molecule has 0 aromatic heterocycles. The smallest absolute Gasteiger partial charge is 0.133 e. The molecule has 0 heterocycles. The van der Waals surface area contributed by atoms with Crippen molar-refractivity contribution >= 4 is 0 Å². The van der Waals surface area contributed by atoms with Crippen molar-refractivity contribution < 1.29 is 14.9 Å². The third-order valence-corrected chi connectivity index (χ3v) is 2.66.